The minimum atomic E-state index is -3.53. The smallest absolute Gasteiger partial charge is 0.242 e. The molecule has 9 heteroatoms. The molecule has 0 saturated heterocycles. The molecule has 0 radical (unpaired) electrons. The number of rotatable bonds is 11. The van der Waals surface area contributed by atoms with Crippen LogP contribution in [0.3, 0.4) is 0 Å². The number of halogens is 1. The molecule has 0 bridgehead atoms. The Kier molecular flexibility index (Phi) is 10.2. The molecular formula is C26H36ClN3O4S. The first-order valence-corrected chi connectivity index (χ1v) is 13.9. The lowest BCUT2D eigenvalue weighted by molar-refractivity contribution is -0.140. The Morgan fingerprint density at radius 1 is 1.00 bits per heavy atom. The molecule has 2 rings (SSSR count). The van der Waals surface area contributed by atoms with E-state index in [4.69, 9.17) is 11.6 Å². The first-order valence-electron chi connectivity index (χ1n) is 11.7. The fourth-order valence-electron chi connectivity index (χ4n) is 3.66. The average Bonchev–Trinajstić information content (AvgIpc) is 2.76. The second-order valence-electron chi connectivity index (χ2n) is 9.19. The molecule has 0 saturated carbocycles. The van der Waals surface area contributed by atoms with Gasteiger partial charge >= 0.3 is 0 Å². The van der Waals surface area contributed by atoms with Crippen LogP contribution in [0.15, 0.2) is 42.5 Å². The Morgan fingerprint density at radius 3 is 2.17 bits per heavy atom. The van der Waals surface area contributed by atoms with Crippen LogP contribution in [0.4, 0.5) is 5.69 Å². The number of nitrogens with zero attached hydrogens (tertiary/aromatic N) is 2. The van der Waals surface area contributed by atoms with Crippen LogP contribution in [0.25, 0.3) is 0 Å². The van der Waals surface area contributed by atoms with Gasteiger partial charge in [-0.05, 0) is 82.0 Å². The molecule has 1 N–H and O–H groups in total. The zero-order chi connectivity index (χ0) is 26.3. The predicted octanol–water partition coefficient (Wildman–Crippen LogP) is 4.44. The molecule has 192 valence electrons. The lowest BCUT2D eigenvalue weighted by Crippen LogP contribution is -2.49. The molecule has 7 nitrogen and oxygen atoms in total. The largest absolute Gasteiger partial charge is 0.352 e. The minimum Gasteiger partial charge on any atom is -0.352 e. The van der Waals surface area contributed by atoms with E-state index in [0.717, 1.165) is 22.9 Å². The fourth-order valence-corrected chi connectivity index (χ4v) is 4.74. The van der Waals surface area contributed by atoms with Gasteiger partial charge < -0.3 is 10.2 Å². The van der Waals surface area contributed by atoms with E-state index in [-0.39, 0.29) is 37.4 Å². The summed E-state index contributed by atoms with van der Waals surface area (Å²) in [5, 5.41) is 3.44. The van der Waals surface area contributed by atoms with Crippen LogP contribution in [0.1, 0.15) is 50.3 Å². The number of amides is 2. The highest BCUT2D eigenvalue weighted by Gasteiger charge is 2.27. The number of sulfonamides is 1. The maximum atomic E-state index is 13.3. The average molecular weight is 522 g/mol. The third-order valence-electron chi connectivity index (χ3n) is 5.80. The summed E-state index contributed by atoms with van der Waals surface area (Å²) in [5.41, 5.74) is 3.49. The topological polar surface area (TPSA) is 86.8 Å². The van der Waals surface area contributed by atoms with Crippen molar-refractivity contribution in [1.82, 2.24) is 10.2 Å². The van der Waals surface area contributed by atoms with E-state index in [1.54, 1.807) is 25.1 Å². The zero-order valence-corrected chi connectivity index (χ0v) is 22.9. The summed E-state index contributed by atoms with van der Waals surface area (Å²) in [4.78, 5) is 27.5. The van der Waals surface area contributed by atoms with E-state index in [1.165, 1.54) is 9.21 Å². The van der Waals surface area contributed by atoms with Gasteiger partial charge in [0.25, 0.3) is 0 Å². The summed E-state index contributed by atoms with van der Waals surface area (Å²) in [6.07, 6.45) is 1.58. The highest BCUT2D eigenvalue weighted by atomic mass is 35.5. The van der Waals surface area contributed by atoms with Gasteiger partial charge in [0, 0.05) is 30.6 Å². The van der Waals surface area contributed by atoms with Crippen molar-refractivity contribution in [2.45, 2.75) is 66.1 Å². The lowest BCUT2D eigenvalue weighted by Gasteiger charge is -2.30. The number of benzene rings is 2. The normalized spacial score (nSPS) is 12.3. The van der Waals surface area contributed by atoms with Crippen molar-refractivity contribution in [3.8, 4) is 0 Å². The molecule has 2 amide bonds. The SMILES string of the molecule is Cc1ccc(N(CCCC(=O)N(Cc2ccc(Cl)cc2)C(C)C(=O)NC(C)C)S(C)(=O)=O)cc1C. The van der Waals surface area contributed by atoms with Gasteiger partial charge in [0.2, 0.25) is 21.8 Å². The summed E-state index contributed by atoms with van der Waals surface area (Å²) in [7, 11) is -3.53. The Morgan fingerprint density at radius 2 is 1.63 bits per heavy atom. The number of aryl methyl sites for hydroxylation is 2. The number of anilines is 1. The quantitative estimate of drug-likeness (QED) is 0.473. The van der Waals surface area contributed by atoms with Crippen LogP contribution >= 0.6 is 11.6 Å². The highest BCUT2D eigenvalue weighted by Crippen LogP contribution is 2.22. The van der Waals surface area contributed by atoms with Crippen LogP contribution in [0, 0.1) is 13.8 Å². The van der Waals surface area contributed by atoms with Gasteiger partial charge in [-0.25, -0.2) is 8.42 Å². The molecule has 0 aliphatic rings. The molecule has 1 unspecified atom stereocenters. The lowest BCUT2D eigenvalue weighted by atomic mass is 10.1. The van der Waals surface area contributed by atoms with Gasteiger partial charge in [-0.2, -0.15) is 0 Å². The predicted molar refractivity (Wildman–Crippen MR) is 142 cm³/mol. The first-order chi connectivity index (χ1) is 16.3. The third-order valence-corrected chi connectivity index (χ3v) is 7.24. The van der Waals surface area contributed by atoms with E-state index in [2.05, 4.69) is 5.32 Å². The monoisotopic (exact) mass is 521 g/mol. The van der Waals surface area contributed by atoms with Crippen molar-refractivity contribution < 1.29 is 18.0 Å². The van der Waals surface area contributed by atoms with Crippen LogP contribution in [0.2, 0.25) is 5.02 Å². The minimum absolute atomic E-state index is 0.0567. The van der Waals surface area contributed by atoms with E-state index < -0.39 is 16.1 Å². The molecule has 0 heterocycles. The van der Waals surface area contributed by atoms with Gasteiger partial charge in [-0.3, -0.25) is 13.9 Å². The molecule has 0 spiro atoms. The Bertz CT molecular complexity index is 1130. The van der Waals surface area contributed by atoms with Crippen molar-refractivity contribution in [2.75, 3.05) is 17.1 Å². The Balaban J connectivity index is 2.18. The third kappa shape index (κ3) is 8.54. The van der Waals surface area contributed by atoms with Gasteiger partial charge in [-0.15, -0.1) is 0 Å². The highest BCUT2D eigenvalue weighted by molar-refractivity contribution is 7.92. The van der Waals surface area contributed by atoms with Crippen LogP contribution in [0.5, 0.6) is 0 Å². The van der Waals surface area contributed by atoms with Gasteiger partial charge in [0.05, 0.1) is 11.9 Å². The van der Waals surface area contributed by atoms with Crippen LogP contribution in [-0.4, -0.2) is 50.0 Å². The summed E-state index contributed by atoms with van der Waals surface area (Å²) in [5.74, 6) is -0.463. The Hall–Kier alpha value is -2.58. The van der Waals surface area contributed by atoms with E-state index in [9.17, 15) is 18.0 Å². The maximum Gasteiger partial charge on any atom is 0.242 e. The molecule has 2 aromatic carbocycles. The molecule has 0 aliphatic carbocycles. The van der Waals surface area contributed by atoms with Gasteiger partial charge in [0.15, 0.2) is 0 Å². The number of carbonyl (C=O) groups is 2. The number of hydrogen-bond acceptors (Lipinski definition) is 4. The van der Waals surface area contributed by atoms with Crippen LogP contribution < -0.4 is 9.62 Å². The summed E-state index contributed by atoms with van der Waals surface area (Å²) >= 11 is 5.99. The number of carbonyl (C=O) groups excluding carboxylic acids is 2. The molecule has 0 aliphatic heterocycles. The molecule has 2 aromatic rings. The van der Waals surface area contributed by atoms with Crippen molar-refractivity contribution in [1.29, 1.82) is 0 Å². The van der Waals surface area contributed by atoms with Crippen molar-refractivity contribution in [3.05, 3.63) is 64.2 Å². The van der Waals surface area contributed by atoms with E-state index >= 15 is 0 Å². The van der Waals surface area contributed by atoms with Crippen molar-refractivity contribution in [2.24, 2.45) is 0 Å². The summed E-state index contributed by atoms with van der Waals surface area (Å²) < 4.78 is 26.3. The molecule has 35 heavy (non-hydrogen) atoms. The van der Waals surface area contributed by atoms with Gasteiger partial charge in [0.1, 0.15) is 6.04 Å². The van der Waals surface area contributed by atoms with Crippen LogP contribution in [-0.2, 0) is 26.2 Å². The summed E-state index contributed by atoms with van der Waals surface area (Å²) in [6.45, 7) is 9.73. The fraction of sp³-hybridized carbons (Fsp3) is 0.462. The van der Waals surface area contributed by atoms with Crippen molar-refractivity contribution in [3.63, 3.8) is 0 Å². The maximum absolute atomic E-state index is 13.3. The zero-order valence-electron chi connectivity index (χ0n) is 21.3. The molecule has 0 aromatic heterocycles. The Labute approximate surface area is 214 Å². The number of hydrogen-bond donors (Lipinski definition) is 1. The number of nitrogens with one attached hydrogen (secondary N) is 1. The second kappa shape index (κ2) is 12.4. The standard InChI is InChI=1S/C26H36ClN3O4S/c1-18(2)28-26(32)21(5)29(17-22-10-12-23(27)13-11-22)25(31)8-7-15-30(35(6,33)34)24-14-9-19(3)20(4)16-24/h9-14,16,18,21H,7-8,15,17H2,1-6H3,(H,28,32). The molecule has 0 fully saturated rings. The first kappa shape index (κ1) is 28.7. The molecular weight excluding hydrogens is 486 g/mol. The van der Waals surface area contributed by atoms with Gasteiger partial charge in [-0.1, -0.05) is 29.8 Å². The summed E-state index contributed by atoms with van der Waals surface area (Å²) in [6, 6.07) is 11.9. The van der Waals surface area contributed by atoms with Crippen molar-refractivity contribution >= 4 is 39.1 Å². The van der Waals surface area contributed by atoms with E-state index in [1.807, 2.05) is 52.0 Å². The van der Waals surface area contributed by atoms with E-state index in [0.29, 0.717) is 17.1 Å². The molecule has 1 atom stereocenters. The second-order valence-corrected chi connectivity index (χ2v) is 11.5.